The van der Waals surface area contributed by atoms with Gasteiger partial charge in [0.05, 0.1) is 19.6 Å². The third-order valence-electron chi connectivity index (χ3n) is 4.75. The van der Waals surface area contributed by atoms with Gasteiger partial charge in [0, 0.05) is 39.3 Å². The van der Waals surface area contributed by atoms with Crippen molar-refractivity contribution in [3.05, 3.63) is 48.0 Å². The van der Waals surface area contributed by atoms with Gasteiger partial charge >= 0.3 is 6.18 Å². The number of aliphatic hydroxyl groups is 1. The van der Waals surface area contributed by atoms with Gasteiger partial charge in [-0.05, 0) is 17.7 Å². The molecule has 2 atom stereocenters. The molecule has 170 valence electrons. The molecule has 0 radical (unpaired) electrons. The average molecular weight is 442 g/mol. The molecule has 2 rings (SSSR count). The van der Waals surface area contributed by atoms with Crippen molar-refractivity contribution in [2.45, 2.75) is 37.6 Å². The molecular formula is C20H25F3N4O4. The maximum atomic E-state index is 13.5. The van der Waals surface area contributed by atoms with E-state index >= 15 is 0 Å². The van der Waals surface area contributed by atoms with Gasteiger partial charge < -0.3 is 25.0 Å². The van der Waals surface area contributed by atoms with Gasteiger partial charge in [-0.3, -0.25) is 9.59 Å². The fourth-order valence-corrected chi connectivity index (χ4v) is 3.12. The fraction of sp³-hybridized carbons (Fsp3) is 0.450. The maximum Gasteiger partial charge on any atom is 0.424 e. The summed E-state index contributed by atoms with van der Waals surface area (Å²) in [5.41, 5.74) is -2.59. The standard InChI is InChI=1S/C20H25F3N4O4/c1-13(28)26-16(14-4-6-15(31-3)7-5-14)12-17(29)24-9-8-19(30,20(21,22)23)18-25-10-11-27(18)2/h4-7,10-11,16,30H,8-9,12H2,1-3H3,(H,24,29)(H,26,28). The summed E-state index contributed by atoms with van der Waals surface area (Å²) in [5, 5.41) is 15.3. The number of nitrogens with zero attached hydrogens (tertiary/aromatic N) is 2. The topological polar surface area (TPSA) is 105 Å². The van der Waals surface area contributed by atoms with Crippen LogP contribution >= 0.6 is 0 Å². The number of ether oxygens (including phenoxy) is 1. The molecule has 2 aromatic rings. The van der Waals surface area contributed by atoms with Crippen LogP contribution in [-0.2, 0) is 22.2 Å². The van der Waals surface area contributed by atoms with Crippen LogP contribution < -0.4 is 15.4 Å². The molecule has 11 heteroatoms. The van der Waals surface area contributed by atoms with Crippen molar-refractivity contribution in [3.8, 4) is 5.75 Å². The molecule has 2 unspecified atom stereocenters. The zero-order chi connectivity index (χ0) is 23.2. The maximum absolute atomic E-state index is 13.5. The van der Waals surface area contributed by atoms with Crippen molar-refractivity contribution in [3.63, 3.8) is 0 Å². The van der Waals surface area contributed by atoms with E-state index in [9.17, 15) is 27.9 Å². The molecular weight excluding hydrogens is 417 g/mol. The smallest absolute Gasteiger partial charge is 0.424 e. The van der Waals surface area contributed by atoms with Crippen LogP contribution in [0, 0.1) is 0 Å². The Morgan fingerprint density at radius 2 is 1.90 bits per heavy atom. The van der Waals surface area contributed by atoms with Crippen molar-refractivity contribution in [1.82, 2.24) is 20.2 Å². The zero-order valence-electron chi connectivity index (χ0n) is 17.4. The van der Waals surface area contributed by atoms with Crippen LogP contribution in [-0.4, -0.2) is 46.3 Å². The second kappa shape index (κ2) is 9.82. The molecule has 1 aromatic carbocycles. The van der Waals surface area contributed by atoms with Gasteiger partial charge in [-0.1, -0.05) is 12.1 Å². The quantitative estimate of drug-likeness (QED) is 0.551. The number of carbonyl (C=O) groups excluding carboxylic acids is 2. The van der Waals surface area contributed by atoms with E-state index in [4.69, 9.17) is 4.74 Å². The monoisotopic (exact) mass is 442 g/mol. The highest BCUT2D eigenvalue weighted by Gasteiger charge is 2.57. The fourth-order valence-electron chi connectivity index (χ4n) is 3.12. The molecule has 1 aromatic heterocycles. The summed E-state index contributed by atoms with van der Waals surface area (Å²) in [6.07, 6.45) is -3.56. The first kappa shape index (κ1) is 24.2. The second-order valence-corrected chi connectivity index (χ2v) is 7.05. The van der Waals surface area contributed by atoms with Gasteiger partial charge in [0.25, 0.3) is 0 Å². The number of rotatable bonds is 9. The number of hydrogen-bond donors (Lipinski definition) is 3. The third kappa shape index (κ3) is 5.97. The van der Waals surface area contributed by atoms with E-state index in [1.165, 1.54) is 27.3 Å². The van der Waals surface area contributed by atoms with Crippen LogP contribution in [0.5, 0.6) is 5.75 Å². The van der Waals surface area contributed by atoms with Crippen LogP contribution in [0.3, 0.4) is 0 Å². The summed E-state index contributed by atoms with van der Waals surface area (Å²) in [5.74, 6) is -0.923. The summed E-state index contributed by atoms with van der Waals surface area (Å²) in [4.78, 5) is 27.5. The van der Waals surface area contributed by atoms with Crippen LogP contribution in [0.2, 0.25) is 0 Å². The van der Waals surface area contributed by atoms with Crippen LogP contribution in [0.25, 0.3) is 0 Å². The zero-order valence-corrected chi connectivity index (χ0v) is 17.4. The SMILES string of the molecule is COc1ccc(C(CC(=O)NCCC(O)(c2nccn2C)C(F)(F)F)NC(C)=O)cc1. The number of imidazole rings is 1. The lowest BCUT2D eigenvalue weighted by Gasteiger charge is -2.30. The minimum Gasteiger partial charge on any atom is -0.497 e. The highest BCUT2D eigenvalue weighted by molar-refractivity contribution is 5.79. The van der Waals surface area contributed by atoms with E-state index in [0.29, 0.717) is 11.3 Å². The lowest BCUT2D eigenvalue weighted by Crippen LogP contribution is -2.46. The Morgan fingerprint density at radius 3 is 2.39 bits per heavy atom. The molecule has 2 amide bonds. The van der Waals surface area contributed by atoms with E-state index in [0.717, 1.165) is 10.8 Å². The molecule has 0 aliphatic carbocycles. The number of benzene rings is 1. The minimum absolute atomic E-state index is 0.196. The van der Waals surface area contributed by atoms with Crippen molar-refractivity contribution in [1.29, 1.82) is 0 Å². The van der Waals surface area contributed by atoms with Gasteiger partial charge in [0.1, 0.15) is 11.6 Å². The molecule has 3 N–H and O–H groups in total. The van der Waals surface area contributed by atoms with Crippen LogP contribution in [0.4, 0.5) is 13.2 Å². The van der Waals surface area contributed by atoms with E-state index in [-0.39, 0.29) is 12.3 Å². The Kier molecular flexibility index (Phi) is 7.66. The van der Waals surface area contributed by atoms with Gasteiger partial charge in [0.2, 0.25) is 17.4 Å². The van der Waals surface area contributed by atoms with E-state index in [1.807, 2.05) is 0 Å². The summed E-state index contributed by atoms with van der Waals surface area (Å²) < 4.78 is 46.8. The number of aromatic nitrogens is 2. The highest BCUT2D eigenvalue weighted by Crippen LogP contribution is 2.40. The number of hydrogen-bond acceptors (Lipinski definition) is 5. The second-order valence-electron chi connectivity index (χ2n) is 7.05. The van der Waals surface area contributed by atoms with Crippen molar-refractivity contribution in [2.24, 2.45) is 7.05 Å². The number of halogens is 3. The minimum atomic E-state index is -4.99. The molecule has 0 fully saturated rings. The number of carbonyl (C=O) groups is 2. The number of amides is 2. The average Bonchev–Trinajstić information content (AvgIpc) is 3.12. The van der Waals surface area contributed by atoms with Crippen molar-refractivity contribution < 1.29 is 32.6 Å². The number of aryl methyl sites for hydroxylation is 1. The molecule has 0 bridgehead atoms. The predicted octanol–water partition coefficient (Wildman–Crippen LogP) is 1.95. The van der Waals surface area contributed by atoms with Gasteiger partial charge in [-0.2, -0.15) is 13.2 Å². The molecule has 0 aliphatic rings. The third-order valence-corrected chi connectivity index (χ3v) is 4.75. The van der Waals surface area contributed by atoms with E-state index < -0.39 is 42.5 Å². The lowest BCUT2D eigenvalue weighted by molar-refractivity contribution is -0.272. The Hall–Kier alpha value is -3.08. The number of methoxy groups -OCH3 is 1. The van der Waals surface area contributed by atoms with Crippen LogP contribution in [0.15, 0.2) is 36.7 Å². The molecule has 0 spiro atoms. The Labute approximate surface area is 177 Å². The van der Waals surface area contributed by atoms with Crippen molar-refractivity contribution in [2.75, 3.05) is 13.7 Å². The molecule has 0 saturated heterocycles. The van der Waals surface area contributed by atoms with Gasteiger partial charge in [-0.25, -0.2) is 4.98 Å². The first-order chi connectivity index (χ1) is 14.5. The number of alkyl halides is 3. The summed E-state index contributed by atoms with van der Waals surface area (Å²) in [7, 11) is 2.84. The Bertz CT molecular complexity index is 899. The summed E-state index contributed by atoms with van der Waals surface area (Å²) >= 11 is 0. The molecule has 1 heterocycles. The predicted molar refractivity (Wildman–Crippen MR) is 105 cm³/mol. The summed E-state index contributed by atoms with van der Waals surface area (Å²) in [6, 6.07) is 6.00. The molecule has 0 saturated carbocycles. The largest absolute Gasteiger partial charge is 0.497 e. The van der Waals surface area contributed by atoms with Gasteiger partial charge in [-0.15, -0.1) is 0 Å². The molecule has 31 heavy (non-hydrogen) atoms. The van der Waals surface area contributed by atoms with E-state index in [2.05, 4.69) is 15.6 Å². The lowest BCUT2D eigenvalue weighted by atomic mass is 9.97. The Balaban J connectivity index is 2.05. The normalized spacial score (nSPS) is 14.4. The number of nitrogens with one attached hydrogen (secondary N) is 2. The molecule has 8 nitrogen and oxygen atoms in total. The van der Waals surface area contributed by atoms with Crippen LogP contribution in [0.1, 0.15) is 37.2 Å². The van der Waals surface area contributed by atoms with E-state index in [1.54, 1.807) is 24.3 Å². The molecule has 0 aliphatic heterocycles. The highest BCUT2D eigenvalue weighted by atomic mass is 19.4. The first-order valence-corrected chi connectivity index (χ1v) is 9.42. The van der Waals surface area contributed by atoms with Crippen molar-refractivity contribution >= 4 is 11.8 Å². The first-order valence-electron chi connectivity index (χ1n) is 9.42. The Morgan fingerprint density at radius 1 is 1.26 bits per heavy atom. The van der Waals surface area contributed by atoms with Gasteiger partial charge in [0.15, 0.2) is 0 Å². The summed E-state index contributed by atoms with van der Waals surface area (Å²) in [6.45, 7) is 0.849.